The van der Waals surface area contributed by atoms with Crippen molar-refractivity contribution in [2.75, 3.05) is 5.32 Å². The Kier molecular flexibility index (Phi) is 7.44. The Morgan fingerprint density at radius 3 is 2.24 bits per heavy atom. The molecule has 3 aromatic rings. The number of nitrogens with zero attached hydrogens (tertiary/aromatic N) is 1. The molecular weight excluding hydrogens is 483 g/mol. The van der Waals surface area contributed by atoms with E-state index in [-0.39, 0.29) is 26.3 Å². The minimum atomic E-state index is -4.15. The number of anilines is 1. The summed E-state index contributed by atoms with van der Waals surface area (Å²) < 4.78 is 30.1. The van der Waals surface area contributed by atoms with Crippen molar-refractivity contribution in [1.29, 1.82) is 5.26 Å². The quantitative estimate of drug-likeness (QED) is 0.257. The van der Waals surface area contributed by atoms with Crippen LogP contribution in [0.3, 0.4) is 0 Å². The molecule has 1 amide bonds. The van der Waals surface area contributed by atoms with Crippen LogP contribution in [0.2, 0.25) is 10.0 Å². The van der Waals surface area contributed by atoms with Gasteiger partial charge in [-0.3, -0.25) is 4.79 Å². The number of benzene rings is 3. The molecule has 33 heavy (non-hydrogen) atoms. The smallest absolute Gasteiger partial charge is 0.339 e. The molecule has 0 heterocycles. The molecule has 0 unspecified atom stereocenters. The summed E-state index contributed by atoms with van der Waals surface area (Å²) in [4.78, 5) is 12.5. The number of rotatable bonds is 6. The van der Waals surface area contributed by atoms with Gasteiger partial charge in [0, 0.05) is 5.69 Å². The third kappa shape index (κ3) is 5.93. The molecule has 3 aromatic carbocycles. The van der Waals surface area contributed by atoms with E-state index in [1.165, 1.54) is 30.3 Å². The summed E-state index contributed by atoms with van der Waals surface area (Å²) in [5.74, 6) is -0.860. The SMILES string of the molecule is Cc1ccc(NC(=O)/C(C#N)=C/c2cc(Cl)c(OS(=O)(=O)c3ccccc3)c(Cl)c2)c(C)c1. The lowest BCUT2D eigenvalue weighted by Crippen LogP contribution is -2.14. The normalized spacial score (nSPS) is 11.5. The van der Waals surface area contributed by atoms with Crippen LogP contribution < -0.4 is 9.50 Å². The van der Waals surface area contributed by atoms with Crippen molar-refractivity contribution in [3.63, 3.8) is 0 Å². The summed E-state index contributed by atoms with van der Waals surface area (Å²) in [5, 5.41) is 12.0. The standard InChI is InChI=1S/C24H18Cl2N2O4S/c1-15-8-9-22(16(2)10-15)28-24(29)18(14-27)11-17-12-20(25)23(21(26)13-17)32-33(30,31)19-6-4-3-5-7-19/h3-13H,1-2H3,(H,28,29)/b18-11+. The van der Waals surface area contributed by atoms with Crippen molar-refractivity contribution in [3.05, 3.63) is 93.0 Å². The second-order valence-electron chi connectivity index (χ2n) is 7.11. The van der Waals surface area contributed by atoms with Crippen LogP contribution in [0.15, 0.2) is 71.1 Å². The summed E-state index contributed by atoms with van der Waals surface area (Å²) in [5.41, 5.74) is 2.61. The Labute approximate surface area is 202 Å². The predicted octanol–water partition coefficient (Wildman–Crippen LogP) is 5.92. The zero-order valence-electron chi connectivity index (χ0n) is 17.6. The van der Waals surface area contributed by atoms with Gasteiger partial charge in [-0.2, -0.15) is 13.7 Å². The van der Waals surface area contributed by atoms with Crippen molar-refractivity contribution < 1.29 is 17.4 Å². The largest absolute Gasteiger partial charge is 0.376 e. The van der Waals surface area contributed by atoms with E-state index in [0.29, 0.717) is 11.3 Å². The van der Waals surface area contributed by atoms with Gasteiger partial charge in [-0.25, -0.2) is 0 Å². The van der Waals surface area contributed by atoms with Gasteiger partial charge in [0.15, 0.2) is 5.75 Å². The lowest BCUT2D eigenvalue weighted by atomic mass is 10.1. The van der Waals surface area contributed by atoms with Crippen LogP contribution in [0, 0.1) is 25.2 Å². The first-order valence-corrected chi connectivity index (χ1v) is 11.8. The molecule has 0 spiro atoms. The Hall–Kier alpha value is -3.31. The first kappa shape index (κ1) is 24.3. The van der Waals surface area contributed by atoms with Crippen molar-refractivity contribution in [2.45, 2.75) is 18.7 Å². The molecule has 168 valence electrons. The van der Waals surface area contributed by atoms with Crippen molar-refractivity contribution in [3.8, 4) is 11.8 Å². The molecular formula is C24H18Cl2N2O4S. The Balaban J connectivity index is 1.87. The van der Waals surface area contributed by atoms with Gasteiger partial charge in [0.2, 0.25) is 0 Å². The van der Waals surface area contributed by atoms with Crippen LogP contribution in [0.25, 0.3) is 6.08 Å². The van der Waals surface area contributed by atoms with Crippen LogP contribution in [0.5, 0.6) is 5.75 Å². The van der Waals surface area contributed by atoms with E-state index in [0.717, 1.165) is 11.1 Å². The number of halogens is 2. The van der Waals surface area contributed by atoms with Gasteiger partial charge < -0.3 is 9.50 Å². The third-order valence-corrected chi connectivity index (χ3v) is 6.35. The minimum absolute atomic E-state index is 0.0593. The molecule has 0 saturated heterocycles. The molecule has 0 aliphatic carbocycles. The van der Waals surface area contributed by atoms with E-state index in [4.69, 9.17) is 27.4 Å². The number of nitriles is 1. The van der Waals surface area contributed by atoms with E-state index in [9.17, 15) is 18.5 Å². The number of amides is 1. The zero-order valence-corrected chi connectivity index (χ0v) is 19.9. The minimum Gasteiger partial charge on any atom is -0.376 e. The fourth-order valence-electron chi connectivity index (χ4n) is 2.95. The molecule has 0 radical (unpaired) electrons. The highest BCUT2D eigenvalue weighted by Crippen LogP contribution is 2.36. The van der Waals surface area contributed by atoms with E-state index in [1.807, 2.05) is 32.0 Å². The molecule has 0 aliphatic rings. The lowest BCUT2D eigenvalue weighted by molar-refractivity contribution is -0.112. The Morgan fingerprint density at radius 2 is 1.67 bits per heavy atom. The van der Waals surface area contributed by atoms with Crippen molar-refractivity contribution in [1.82, 2.24) is 0 Å². The first-order valence-electron chi connectivity index (χ1n) is 9.59. The average molecular weight is 501 g/mol. The molecule has 0 aliphatic heterocycles. The molecule has 0 aromatic heterocycles. The van der Waals surface area contributed by atoms with Crippen molar-refractivity contribution >= 4 is 51.0 Å². The lowest BCUT2D eigenvalue weighted by Gasteiger charge is -2.11. The van der Waals surface area contributed by atoms with Crippen LogP contribution in [-0.2, 0) is 14.9 Å². The predicted molar refractivity (Wildman–Crippen MR) is 129 cm³/mol. The van der Waals surface area contributed by atoms with Crippen LogP contribution in [-0.4, -0.2) is 14.3 Å². The molecule has 0 saturated carbocycles. The second kappa shape index (κ2) is 10.1. The van der Waals surface area contributed by atoms with Crippen LogP contribution in [0.4, 0.5) is 5.69 Å². The number of carbonyl (C=O) groups excluding carboxylic acids is 1. The maximum atomic E-state index is 12.6. The maximum absolute atomic E-state index is 12.6. The zero-order chi connectivity index (χ0) is 24.2. The number of nitrogens with one attached hydrogen (secondary N) is 1. The number of hydrogen-bond donors (Lipinski definition) is 1. The molecule has 0 atom stereocenters. The van der Waals surface area contributed by atoms with Gasteiger partial charge >= 0.3 is 10.1 Å². The number of aryl methyl sites for hydroxylation is 2. The monoisotopic (exact) mass is 500 g/mol. The van der Waals surface area contributed by atoms with E-state index < -0.39 is 16.0 Å². The molecule has 1 N–H and O–H groups in total. The summed E-state index contributed by atoms with van der Waals surface area (Å²) in [7, 11) is -4.15. The Morgan fingerprint density at radius 1 is 1.03 bits per heavy atom. The highest BCUT2D eigenvalue weighted by molar-refractivity contribution is 7.87. The molecule has 9 heteroatoms. The molecule has 0 bridgehead atoms. The van der Waals surface area contributed by atoms with Crippen LogP contribution >= 0.6 is 23.2 Å². The Bertz CT molecular complexity index is 1370. The van der Waals surface area contributed by atoms with E-state index in [2.05, 4.69) is 5.32 Å². The molecule has 3 rings (SSSR count). The summed E-state index contributed by atoms with van der Waals surface area (Å²) in [6.45, 7) is 3.78. The topological polar surface area (TPSA) is 96.3 Å². The first-order chi connectivity index (χ1) is 15.6. The number of carbonyl (C=O) groups is 1. The van der Waals surface area contributed by atoms with Gasteiger partial charge in [-0.15, -0.1) is 0 Å². The summed E-state index contributed by atoms with van der Waals surface area (Å²) >= 11 is 12.4. The van der Waals surface area contributed by atoms with Gasteiger partial charge in [0.05, 0.1) is 10.0 Å². The molecule has 0 fully saturated rings. The van der Waals surface area contributed by atoms with Gasteiger partial charge in [0.1, 0.15) is 16.5 Å². The third-order valence-electron chi connectivity index (χ3n) is 4.55. The average Bonchev–Trinajstić information content (AvgIpc) is 2.77. The summed E-state index contributed by atoms with van der Waals surface area (Å²) in [6.07, 6.45) is 1.30. The maximum Gasteiger partial charge on any atom is 0.339 e. The summed E-state index contributed by atoms with van der Waals surface area (Å²) in [6, 6.07) is 17.6. The van der Waals surface area contributed by atoms with Gasteiger partial charge in [0.25, 0.3) is 5.91 Å². The highest BCUT2D eigenvalue weighted by atomic mass is 35.5. The second-order valence-corrected chi connectivity index (χ2v) is 9.47. The van der Waals surface area contributed by atoms with Crippen LogP contribution in [0.1, 0.15) is 16.7 Å². The van der Waals surface area contributed by atoms with Gasteiger partial charge in [-0.05, 0) is 61.4 Å². The number of hydrogen-bond acceptors (Lipinski definition) is 5. The van der Waals surface area contributed by atoms with E-state index >= 15 is 0 Å². The van der Waals surface area contributed by atoms with Crippen molar-refractivity contribution in [2.24, 2.45) is 0 Å². The fraction of sp³-hybridized carbons (Fsp3) is 0.0833. The molecule has 6 nitrogen and oxygen atoms in total. The van der Waals surface area contributed by atoms with E-state index in [1.54, 1.807) is 24.3 Å². The van der Waals surface area contributed by atoms with Gasteiger partial charge in [-0.1, -0.05) is 59.1 Å². The highest BCUT2D eigenvalue weighted by Gasteiger charge is 2.21. The fourth-order valence-corrected chi connectivity index (χ4v) is 4.60.